The minimum absolute atomic E-state index is 0.0260. The fraction of sp³-hybridized carbons (Fsp3) is 0.375. The Labute approximate surface area is 203 Å². The summed E-state index contributed by atoms with van der Waals surface area (Å²) >= 11 is 12.2. The second-order valence-electron chi connectivity index (χ2n) is 8.29. The zero-order valence-corrected chi connectivity index (χ0v) is 19.7. The monoisotopic (exact) mass is 488 g/mol. The van der Waals surface area contributed by atoms with Crippen molar-refractivity contribution in [3.05, 3.63) is 64.1 Å². The van der Waals surface area contributed by atoms with Crippen molar-refractivity contribution in [1.82, 2.24) is 15.1 Å². The number of carbonyl (C=O) groups excluding carboxylic acids is 3. The Morgan fingerprint density at radius 3 is 2.45 bits per heavy atom. The quantitative estimate of drug-likeness (QED) is 0.678. The Bertz CT molecular complexity index is 1030. The van der Waals surface area contributed by atoms with E-state index in [1.807, 2.05) is 30.3 Å². The smallest absolute Gasteiger partial charge is 0.255 e. The number of anilines is 1. The molecular formula is C24H26Cl2N4O3. The topological polar surface area (TPSA) is 73.0 Å². The number of rotatable bonds is 6. The largest absolute Gasteiger partial charge is 0.355 e. The van der Waals surface area contributed by atoms with Gasteiger partial charge in [0.05, 0.1) is 16.5 Å². The molecular weight excluding hydrogens is 463 g/mol. The van der Waals surface area contributed by atoms with Crippen molar-refractivity contribution in [3.8, 4) is 0 Å². The van der Waals surface area contributed by atoms with E-state index < -0.39 is 0 Å². The first-order valence-electron chi connectivity index (χ1n) is 11.0. The molecule has 174 valence electrons. The lowest BCUT2D eigenvalue weighted by Crippen LogP contribution is -2.50. The molecule has 7 nitrogen and oxygen atoms in total. The number of para-hydroxylation sites is 1. The molecule has 9 heteroatoms. The molecule has 2 fully saturated rings. The molecule has 2 aromatic carbocycles. The summed E-state index contributed by atoms with van der Waals surface area (Å²) in [7, 11) is 0. The highest BCUT2D eigenvalue weighted by Crippen LogP contribution is 2.25. The van der Waals surface area contributed by atoms with Crippen molar-refractivity contribution in [1.29, 1.82) is 0 Å². The van der Waals surface area contributed by atoms with Gasteiger partial charge < -0.3 is 15.1 Å². The van der Waals surface area contributed by atoms with Crippen LogP contribution in [0.15, 0.2) is 48.5 Å². The van der Waals surface area contributed by atoms with E-state index in [-0.39, 0.29) is 30.1 Å². The number of amides is 3. The summed E-state index contributed by atoms with van der Waals surface area (Å²) in [6, 6.07) is 14.3. The van der Waals surface area contributed by atoms with Crippen molar-refractivity contribution in [3.63, 3.8) is 0 Å². The molecule has 2 aliphatic heterocycles. The Morgan fingerprint density at radius 2 is 1.73 bits per heavy atom. The van der Waals surface area contributed by atoms with Crippen molar-refractivity contribution in [2.45, 2.75) is 6.42 Å². The van der Waals surface area contributed by atoms with Crippen LogP contribution < -0.4 is 10.2 Å². The molecule has 4 rings (SSSR count). The van der Waals surface area contributed by atoms with Gasteiger partial charge >= 0.3 is 0 Å². The molecule has 2 aliphatic rings. The zero-order chi connectivity index (χ0) is 23.4. The second kappa shape index (κ2) is 10.5. The normalized spacial score (nSPS) is 19.1. The summed E-state index contributed by atoms with van der Waals surface area (Å²) < 4.78 is 0. The summed E-state index contributed by atoms with van der Waals surface area (Å²) in [5.74, 6) is -0.577. The van der Waals surface area contributed by atoms with E-state index in [4.69, 9.17) is 23.2 Å². The maximum atomic E-state index is 12.8. The third-order valence-electron chi connectivity index (χ3n) is 6.11. The maximum absolute atomic E-state index is 12.8. The van der Waals surface area contributed by atoms with Crippen LogP contribution in [0.5, 0.6) is 0 Å². The molecule has 1 N–H and O–H groups in total. The number of benzene rings is 2. The summed E-state index contributed by atoms with van der Waals surface area (Å²) in [5.41, 5.74) is 1.24. The molecule has 1 unspecified atom stereocenters. The highest BCUT2D eigenvalue weighted by molar-refractivity contribution is 6.35. The van der Waals surface area contributed by atoms with Crippen LogP contribution in [0.1, 0.15) is 16.8 Å². The number of hydrogen-bond donors (Lipinski definition) is 1. The van der Waals surface area contributed by atoms with Gasteiger partial charge in [-0.25, -0.2) is 0 Å². The Balaban J connectivity index is 1.20. The van der Waals surface area contributed by atoms with E-state index in [1.165, 1.54) is 0 Å². The lowest BCUT2D eigenvalue weighted by molar-refractivity contribution is -0.126. The SMILES string of the molecule is O=C(NCCN1CCN(C(=O)c2cc(Cl)ccc2Cl)CC1)C1CC(=O)N(c2ccccc2)C1. The molecule has 0 radical (unpaired) electrons. The van der Waals surface area contributed by atoms with E-state index >= 15 is 0 Å². The fourth-order valence-corrected chi connectivity index (χ4v) is 4.60. The average molecular weight is 489 g/mol. The lowest BCUT2D eigenvalue weighted by atomic mass is 10.1. The standard InChI is InChI=1S/C24H26Cl2N4O3/c25-18-6-7-21(26)20(15-18)24(33)29-12-10-28(11-13-29)9-8-27-23(32)17-14-22(31)30(16-17)19-4-2-1-3-5-19/h1-7,15,17H,8-14,16H2,(H,27,32). The van der Waals surface area contributed by atoms with Gasteiger partial charge in [0, 0.05) is 62.9 Å². The number of halogens is 2. The summed E-state index contributed by atoms with van der Waals surface area (Å²) in [4.78, 5) is 43.3. The molecule has 1 atom stereocenters. The van der Waals surface area contributed by atoms with Crippen molar-refractivity contribution in [2.75, 3.05) is 50.7 Å². The van der Waals surface area contributed by atoms with Crippen LogP contribution in [-0.4, -0.2) is 73.3 Å². The number of nitrogens with zero attached hydrogens (tertiary/aromatic N) is 3. The zero-order valence-electron chi connectivity index (χ0n) is 18.2. The molecule has 2 saturated heterocycles. The number of carbonyl (C=O) groups is 3. The van der Waals surface area contributed by atoms with Gasteiger partial charge in [0.25, 0.3) is 5.91 Å². The Morgan fingerprint density at radius 1 is 1.00 bits per heavy atom. The predicted molar refractivity (Wildman–Crippen MR) is 129 cm³/mol. The molecule has 3 amide bonds. The van der Waals surface area contributed by atoms with Gasteiger partial charge in [0.15, 0.2) is 0 Å². The predicted octanol–water partition coefficient (Wildman–Crippen LogP) is 2.92. The van der Waals surface area contributed by atoms with Gasteiger partial charge in [-0.2, -0.15) is 0 Å². The first kappa shape index (κ1) is 23.5. The lowest BCUT2D eigenvalue weighted by Gasteiger charge is -2.35. The van der Waals surface area contributed by atoms with Crippen LogP contribution in [0.3, 0.4) is 0 Å². The molecule has 0 aromatic heterocycles. The van der Waals surface area contributed by atoms with Gasteiger partial charge in [-0.05, 0) is 30.3 Å². The van der Waals surface area contributed by atoms with Gasteiger partial charge in [0.2, 0.25) is 11.8 Å². The number of nitrogens with one attached hydrogen (secondary N) is 1. The highest BCUT2D eigenvalue weighted by Gasteiger charge is 2.35. The first-order chi connectivity index (χ1) is 15.9. The van der Waals surface area contributed by atoms with Gasteiger partial charge in [-0.3, -0.25) is 19.3 Å². The summed E-state index contributed by atoms with van der Waals surface area (Å²) in [5, 5.41) is 3.84. The first-order valence-corrected chi connectivity index (χ1v) is 11.8. The average Bonchev–Trinajstić information content (AvgIpc) is 3.23. The van der Waals surface area contributed by atoms with E-state index in [0.717, 1.165) is 5.69 Å². The Hall–Kier alpha value is -2.61. The van der Waals surface area contributed by atoms with Crippen molar-refractivity contribution >= 4 is 46.6 Å². The minimum atomic E-state index is -0.338. The van der Waals surface area contributed by atoms with Crippen LogP contribution in [0, 0.1) is 5.92 Å². The van der Waals surface area contributed by atoms with Crippen LogP contribution in [-0.2, 0) is 9.59 Å². The Kier molecular flexibility index (Phi) is 7.53. The van der Waals surface area contributed by atoms with Crippen LogP contribution >= 0.6 is 23.2 Å². The number of hydrogen-bond acceptors (Lipinski definition) is 4. The molecule has 2 aromatic rings. The molecule has 0 bridgehead atoms. The molecule has 0 aliphatic carbocycles. The van der Waals surface area contributed by atoms with E-state index in [2.05, 4.69) is 10.2 Å². The molecule has 33 heavy (non-hydrogen) atoms. The summed E-state index contributed by atoms with van der Waals surface area (Å²) in [6.45, 7) is 4.18. The van der Waals surface area contributed by atoms with E-state index in [1.54, 1.807) is 28.0 Å². The molecule has 2 heterocycles. The van der Waals surface area contributed by atoms with Crippen LogP contribution in [0.25, 0.3) is 0 Å². The fourth-order valence-electron chi connectivity index (χ4n) is 4.23. The minimum Gasteiger partial charge on any atom is -0.355 e. The number of piperazine rings is 1. The third-order valence-corrected chi connectivity index (χ3v) is 6.67. The van der Waals surface area contributed by atoms with Crippen LogP contribution in [0.2, 0.25) is 10.0 Å². The van der Waals surface area contributed by atoms with Gasteiger partial charge in [0.1, 0.15) is 0 Å². The third kappa shape index (κ3) is 5.66. The van der Waals surface area contributed by atoms with Crippen LogP contribution in [0.4, 0.5) is 5.69 Å². The van der Waals surface area contributed by atoms with Crippen molar-refractivity contribution < 1.29 is 14.4 Å². The van der Waals surface area contributed by atoms with Gasteiger partial charge in [-0.1, -0.05) is 41.4 Å². The molecule has 0 saturated carbocycles. The maximum Gasteiger partial charge on any atom is 0.255 e. The summed E-state index contributed by atoms with van der Waals surface area (Å²) in [6.07, 6.45) is 0.230. The highest BCUT2D eigenvalue weighted by atomic mass is 35.5. The molecule has 0 spiro atoms. The van der Waals surface area contributed by atoms with E-state index in [9.17, 15) is 14.4 Å². The second-order valence-corrected chi connectivity index (χ2v) is 9.13. The van der Waals surface area contributed by atoms with Crippen molar-refractivity contribution in [2.24, 2.45) is 5.92 Å². The van der Waals surface area contributed by atoms with Gasteiger partial charge in [-0.15, -0.1) is 0 Å². The van der Waals surface area contributed by atoms with E-state index in [0.29, 0.717) is 61.4 Å².